The Bertz CT molecular complexity index is 1250. The monoisotopic (exact) mass is 514 g/mol. The van der Waals surface area contributed by atoms with Gasteiger partial charge in [-0.1, -0.05) is 12.1 Å². The molecular weight excluding hydrogens is 480 g/mol. The summed E-state index contributed by atoms with van der Waals surface area (Å²) in [5.74, 6) is 0.516. The smallest absolute Gasteiger partial charge is 0.241 e. The number of benzene rings is 2. The second kappa shape index (κ2) is 11.6. The van der Waals surface area contributed by atoms with E-state index in [4.69, 9.17) is 5.73 Å². The zero-order valence-electron chi connectivity index (χ0n) is 21.6. The number of carbonyl (C=O) groups excluding carboxylic acids is 2. The molecule has 5 rings (SSSR count). The zero-order valence-corrected chi connectivity index (χ0v) is 21.6. The molecule has 0 aliphatic carbocycles. The minimum absolute atomic E-state index is 0.00556. The van der Waals surface area contributed by atoms with Crippen LogP contribution in [-0.2, 0) is 9.59 Å². The molecule has 2 aliphatic rings. The minimum atomic E-state index is -0.460. The van der Waals surface area contributed by atoms with Gasteiger partial charge in [-0.15, -0.1) is 0 Å². The third-order valence-electron chi connectivity index (χ3n) is 6.95. The first-order valence-corrected chi connectivity index (χ1v) is 13.1. The van der Waals surface area contributed by atoms with Crippen molar-refractivity contribution < 1.29 is 9.59 Å². The maximum absolute atomic E-state index is 12.3. The van der Waals surface area contributed by atoms with Gasteiger partial charge in [0.15, 0.2) is 0 Å². The van der Waals surface area contributed by atoms with Gasteiger partial charge in [0, 0.05) is 55.0 Å². The lowest BCUT2D eigenvalue weighted by Gasteiger charge is -2.36. The summed E-state index contributed by atoms with van der Waals surface area (Å²) in [5.41, 5.74) is 10.2. The van der Waals surface area contributed by atoms with Crippen molar-refractivity contribution >= 4 is 34.8 Å². The molecule has 0 bridgehead atoms. The van der Waals surface area contributed by atoms with E-state index in [0.717, 1.165) is 60.8 Å². The van der Waals surface area contributed by atoms with Gasteiger partial charge in [-0.2, -0.15) is 0 Å². The van der Waals surface area contributed by atoms with E-state index in [1.807, 2.05) is 47.4 Å². The van der Waals surface area contributed by atoms with Gasteiger partial charge in [-0.3, -0.25) is 9.59 Å². The number of carbonyl (C=O) groups is 2. The first-order chi connectivity index (χ1) is 18.5. The van der Waals surface area contributed by atoms with Gasteiger partial charge in [0.2, 0.25) is 17.8 Å². The summed E-state index contributed by atoms with van der Waals surface area (Å²) >= 11 is 0. The van der Waals surface area contributed by atoms with Crippen molar-refractivity contribution in [2.75, 3.05) is 48.3 Å². The van der Waals surface area contributed by atoms with Gasteiger partial charge in [-0.05, 0) is 68.8 Å². The van der Waals surface area contributed by atoms with Crippen LogP contribution in [0.2, 0.25) is 0 Å². The molecule has 198 valence electrons. The number of hydrogen-bond acceptors (Lipinski definition) is 8. The van der Waals surface area contributed by atoms with Crippen LogP contribution in [-0.4, -0.2) is 71.5 Å². The van der Waals surface area contributed by atoms with E-state index in [-0.39, 0.29) is 17.9 Å². The third-order valence-corrected chi connectivity index (χ3v) is 6.95. The van der Waals surface area contributed by atoms with Gasteiger partial charge in [0.05, 0.1) is 17.8 Å². The largest absolute Gasteiger partial charge is 0.368 e. The SMILES string of the molecule is C[C@H](N)C(=O)N1CCN(c2ccc(Nc3nccc(-c4ccc(NC(=O)[C@H]5CCCN5)cc4)n3)cc2)CC1. The van der Waals surface area contributed by atoms with Crippen LogP contribution >= 0.6 is 0 Å². The number of hydrogen-bond donors (Lipinski definition) is 4. The summed E-state index contributed by atoms with van der Waals surface area (Å²) in [4.78, 5) is 37.6. The number of anilines is 4. The molecule has 2 fully saturated rings. The predicted octanol–water partition coefficient (Wildman–Crippen LogP) is 2.57. The highest BCUT2D eigenvalue weighted by Crippen LogP contribution is 2.24. The van der Waals surface area contributed by atoms with Crippen LogP contribution in [0, 0.1) is 0 Å². The number of nitrogens with one attached hydrogen (secondary N) is 3. The fourth-order valence-corrected chi connectivity index (χ4v) is 4.80. The number of amides is 2. The first-order valence-electron chi connectivity index (χ1n) is 13.1. The second-order valence-electron chi connectivity index (χ2n) is 9.75. The standard InChI is InChI=1S/C28H34N8O2/c1-19(29)27(38)36-17-15-35(16-18-36)23-10-8-22(9-11-23)33-28-31-14-12-24(34-28)20-4-6-21(7-5-20)32-26(37)25-3-2-13-30-25/h4-12,14,19,25,30H,2-3,13,15-18,29H2,1H3,(H,32,37)(H,31,33,34)/t19-,25+/m0/s1. The van der Waals surface area contributed by atoms with Crippen LogP contribution in [0.15, 0.2) is 60.8 Å². The fraction of sp³-hybridized carbons (Fsp3) is 0.357. The Balaban J connectivity index is 1.17. The Hall–Kier alpha value is -4.02. The van der Waals surface area contributed by atoms with E-state index in [1.165, 1.54) is 0 Å². The molecule has 2 aromatic carbocycles. The first kappa shape index (κ1) is 25.6. The molecule has 2 atom stereocenters. The summed E-state index contributed by atoms with van der Waals surface area (Å²) in [6.45, 7) is 5.51. The molecule has 10 nitrogen and oxygen atoms in total. The van der Waals surface area contributed by atoms with E-state index in [2.05, 4.69) is 43.0 Å². The molecule has 5 N–H and O–H groups in total. The summed E-state index contributed by atoms with van der Waals surface area (Å²) in [5, 5.41) is 9.46. The van der Waals surface area contributed by atoms with Crippen molar-refractivity contribution in [3.63, 3.8) is 0 Å². The average Bonchev–Trinajstić information content (AvgIpc) is 3.49. The predicted molar refractivity (Wildman–Crippen MR) is 149 cm³/mol. The van der Waals surface area contributed by atoms with E-state index in [1.54, 1.807) is 13.1 Å². The Kier molecular flexibility index (Phi) is 7.81. The van der Waals surface area contributed by atoms with Crippen molar-refractivity contribution in [3.05, 3.63) is 60.8 Å². The molecule has 0 unspecified atom stereocenters. The van der Waals surface area contributed by atoms with Gasteiger partial charge in [0.1, 0.15) is 0 Å². The van der Waals surface area contributed by atoms with Crippen molar-refractivity contribution in [3.8, 4) is 11.3 Å². The van der Waals surface area contributed by atoms with Gasteiger partial charge in [0.25, 0.3) is 0 Å². The molecule has 1 aromatic heterocycles. The van der Waals surface area contributed by atoms with Gasteiger partial charge < -0.3 is 31.5 Å². The van der Waals surface area contributed by atoms with E-state index in [9.17, 15) is 9.59 Å². The highest BCUT2D eigenvalue weighted by Gasteiger charge is 2.23. The molecule has 3 heterocycles. The molecule has 2 aliphatic heterocycles. The van der Waals surface area contributed by atoms with Crippen molar-refractivity contribution in [1.82, 2.24) is 20.2 Å². The van der Waals surface area contributed by atoms with E-state index < -0.39 is 6.04 Å². The summed E-state index contributed by atoms with van der Waals surface area (Å²) in [7, 11) is 0. The molecule has 3 aromatic rings. The van der Waals surface area contributed by atoms with Gasteiger partial charge in [-0.25, -0.2) is 9.97 Å². The highest BCUT2D eigenvalue weighted by molar-refractivity contribution is 5.95. The summed E-state index contributed by atoms with van der Waals surface area (Å²) < 4.78 is 0. The lowest BCUT2D eigenvalue weighted by Crippen LogP contribution is -2.52. The molecule has 38 heavy (non-hydrogen) atoms. The number of piperazine rings is 1. The Labute approximate surface area is 222 Å². The van der Waals surface area contributed by atoms with Crippen LogP contribution in [0.1, 0.15) is 19.8 Å². The van der Waals surface area contributed by atoms with Crippen LogP contribution in [0.25, 0.3) is 11.3 Å². The van der Waals surface area contributed by atoms with Crippen molar-refractivity contribution in [2.45, 2.75) is 31.8 Å². The fourth-order valence-electron chi connectivity index (χ4n) is 4.80. The zero-order chi connectivity index (χ0) is 26.5. The Morgan fingerprint density at radius 1 is 1.00 bits per heavy atom. The minimum Gasteiger partial charge on any atom is -0.368 e. The summed E-state index contributed by atoms with van der Waals surface area (Å²) in [6.07, 6.45) is 3.63. The van der Waals surface area contributed by atoms with Crippen LogP contribution < -0.4 is 26.6 Å². The van der Waals surface area contributed by atoms with Crippen LogP contribution in [0.5, 0.6) is 0 Å². The Morgan fingerprint density at radius 3 is 2.37 bits per heavy atom. The topological polar surface area (TPSA) is 129 Å². The van der Waals surface area contributed by atoms with E-state index in [0.29, 0.717) is 19.0 Å². The highest BCUT2D eigenvalue weighted by atomic mass is 16.2. The molecule has 0 radical (unpaired) electrons. The van der Waals surface area contributed by atoms with Crippen molar-refractivity contribution in [2.24, 2.45) is 5.73 Å². The maximum Gasteiger partial charge on any atom is 0.241 e. The van der Waals surface area contributed by atoms with Crippen molar-refractivity contribution in [1.29, 1.82) is 0 Å². The molecule has 2 amide bonds. The molecule has 10 heteroatoms. The lowest BCUT2D eigenvalue weighted by molar-refractivity contribution is -0.132. The molecule has 0 saturated carbocycles. The Morgan fingerprint density at radius 2 is 1.71 bits per heavy atom. The second-order valence-corrected chi connectivity index (χ2v) is 9.75. The van der Waals surface area contributed by atoms with Crippen LogP contribution in [0.4, 0.5) is 23.0 Å². The average molecular weight is 515 g/mol. The van der Waals surface area contributed by atoms with Crippen LogP contribution in [0.3, 0.4) is 0 Å². The normalized spacial score (nSPS) is 18.2. The number of nitrogens with zero attached hydrogens (tertiary/aromatic N) is 4. The quantitative estimate of drug-likeness (QED) is 0.379. The molecule has 2 saturated heterocycles. The lowest BCUT2D eigenvalue weighted by atomic mass is 10.1. The third kappa shape index (κ3) is 6.09. The van der Waals surface area contributed by atoms with Gasteiger partial charge >= 0.3 is 0 Å². The number of rotatable bonds is 7. The van der Waals surface area contributed by atoms with E-state index >= 15 is 0 Å². The maximum atomic E-state index is 12.3. The number of nitrogens with two attached hydrogens (primary N) is 1. The summed E-state index contributed by atoms with van der Waals surface area (Å²) in [6, 6.07) is 17.1. The molecule has 0 spiro atoms. The molecular formula is C28H34N8O2. The number of aromatic nitrogens is 2.